The summed E-state index contributed by atoms with van der Waals surface area (Å²) in [5.41, 5.74) is 0.338. The molecule has 3 heteroatoms. The molecule has 0 atom stereocenters. The number of nitrogens with one attached hydrogen (secondary N) is 1. The predicted molar refractivity (Wildman–Crippen MR) is 39.2 cm³/mol. The predicted octanol–water partition coefficient (Wildman–Crippen LogP) is 0.824. The van der Waals surface area contributed by atoms with Gasteiger partial charge in [0.25, 0.3) is 0 Å². The molecule has 3 nitrogen and oxygen atoms in total. The van der Waals surface area contributed by atoms with Gasteiger partial charge in [0, 0.05) is 19.3 Å². The maximum Gasteiger partial charge on any atom is 0.247 e. The summed E-state index contributed by atoms with van der Waals surface area (Å²) in [5.74, 6) is -0.0451. The molecule has 0 radical (unpaired) electrons. The smallest absolute Gasteiger partial charge is 0.247 e. The summed E-state index contributed by atoms with van der Waals surface area (Å²) < 4.78 is 0. The van der Waals surface area contributed by atoms with Crippen LogP contribution < -0.4 is 5.56 Å². The van der Waals surface area contributed by atoms with E-state index in [0.29, 0.717) is 5.56 Å². The second-order valence-electron chi connectivity index (χ2n) is 2.00. The molecule has 54 valence electrons. The quantitative estimate of drug-likeness (QED) is 0.585. The topological polar surface area (TPSA) is 49.9 Å². The number of pyridine rings is 1. The molecule has 0 fully saturated rings. The Hall–Kier alpha value is -1.38. The summed E-state index contributed by atoms with van der Waals surface area (Å²) in [6.07, 6.45) is 1.41. The molecule has 1 aromatic heterocycles. The van der Waals surface area contributed by atoms with Gasteiger partial charge in [-0.3, -0.25) is 9.59 Å². The van der Waals surface area contributed by atoms with E-state index in [0.717, 1.165) is 0 Å². The summed E-state index contributed by atoms with van der Waals surface area (Å²) in [4.78, 5) is 23.5. The minimum Gasteiger partial charge on any atom is -0.328 e. The van der Waals surface area contributed by atoms with Gasteiger partial charge in [-0.15, -0.1) is 0 Å². The van der Waals surface area contributed by atoms with Crippen LogP contribution in [0.5, 0.6) is 0 Å². The van der Waals surface area contributed by atoms with E-state index >= 15 is 0 Å². The summed E-state index contributed by atoms with van der Waals surface area (Å²) >= 11 is 0. The zero-order valence-electron chi connectivity index (χ0n) is 5.55. The van der Waals surface area contributed by atoms with Crippen molar-refractivity contribution in [3.8, 4) is 0 Å². The number of aromatic nitrogens is 1. The molecular formula is C7H9NO2. The van der Waals surface area contributed by atoms with Crippen LogP contribution in [0.15, 0.2) is 23.1 Å². The minimum absolute atomic E-state index is 0. The molecule has 1 heterocycles. The van der Waals surface area contributed by atoms with Crippen LogP contribution in [0.25, 0.3) is 0 Å². The van der Waals surface area contributed by atoms with Crippen molar-refractivity contribution in [2.45, 2.75) is 6.92 Å². The normalized spacial score (nSPS) is 9.30. The van der Waals surface area contributed by atoms with Crippen LogP contribution in [-0.2, 0) is 0 Å². The summed E-state index contributed by atoms with van der Waals surface area (Å²) in [5, 5.41) is 0. The Morgan fingerprint density at radius 2 is 2.30 bits per heavy atom. The molecular weight excluding hydrogens is 130 g/mol. The van der Waals surface area contributed by atoms with Crippen molar-refractivity contribution in [1.29, 1.82) is 0 Å². The van der Waals surface area contributed by atoms with Gasteiger partial charge in [-0.1, -0.05) is 0 Å². The number of hydrogen-bond donors (Lipinski definition) is 1. The second kappa shape index (κ2) is 2.47. The van der Waals surface area contributed by atoms with E-state index in [9.17, 15) is 9.59 Å². The summed E-state index contributed by atoms with van der Waals surface area (Å²) in [6.45, 7) is 1.45. The molecule has 0 aliphatic rings. The first-order valence-corrected chi connectivity index (χ1v) is 2.90. The Morgan fingerprint density at radius 1 is 1.60 bits per heavy atom. The van der Waals surface area contributed by atoms with Gasteiger partial charge in [0.05, 0.1) is 0 Å². The van der Waals surface area contributed by atoms with Crippen LogP contribution in [0, 0.1) is 0 Å². The Labute approximate surface area is 59.2 Å². The fourth-order valence-corrected chi connectivity index (χ4v) is 0.630. The van der Waals surface area contributed by atoms with Gasteiger partial charge in [-0.25, -0.2) is 0 Å². The molecule has 0 bridgehead atoms. The zero-order chi connectivity index (χ0) is 7.56. The van der Waals surface area contributed by atoms with Crippen molar-refractivity contribution in [2.24, 2.45) is 0 Å². The third kappa shape index (κ3) is 1.31. The number of Topliss-reactive ketones (excluding diaryl/α,β-unsaturated/α-hetero) is 1. The third-order valence-corrected chi connectivity index (χ3v) is 1.19. The molecule has 0 saturated heterocycles. The van der Waals surface area contributed by atoms with E-state index in [1.54, 1.807) is 0 Å². The van der Waals surface area contributed by atoms with Crippen molar-refractivity contribution in [3.63, 3.8) is 0 Å². The third-order valence-electron chi connectivity index (χ3n) is 1.19. The fraction of sp³-hybridized carbons (Fsp3) is 0.143. The lowest BCUT2D eigenvalue weighted by atomic mass is 10.2. The van der Waals surface area contributed by atoms with Gasteiger partial charge in [0.1, 0.15) is 0 Å². The number of rotatable bonds is 1. The molecule has 0 unspecified atom stereocenters. The largest absolute Gasteiger partial charge is 0.328 e. The molecule has 0 spiro atoms. The maximum atomic E-state index is 10.6. The molecule has 10 heavy (non-hydrogen) atoms. The Morgan fingerprint density at radius 3 is 2.70 bits per heavy atom. The minimum atomic E-state index is -0.190. The molecule has 0 amide bonds. The number of carbonyl (C=O) groups excluding carboxylic acids is 1. The lowest BCUT2D eigenvalue weighted by Gasteiger charge is -1.89. The van der Waals surface area contributed by atoms with Crippen LogP contribution in [0.4, 0.5) is 0 Å². The highest BCUT2D eigenvalue weighted by atomic mass is 16.1. The zero-order valence-corrected chi connectivity index (χ0v) is 5.55. The van der Waals surface area contributed by atoms with Crippen molar-refractivity contribution in [2.75, 3.05) is 0 Å². The molecule has 0 aliphatic carbocycles. The van der Waals surface area contributed by atoms with Gasteiger partial charge in [-0.2, -0.15) is 0 Å². The first-order valence-electron chi connectivity index (χ1n) is 2.90. The SMILES string of the molecule is CC(=O)c1ccc(=O)[nH]c1.[HH]. The lowest BCUT2D eigenvalue weighted by Crippen LogP contribution is -2.04. The number of ketones is 1. The van der Waals surface area contributed by atoms with Crippen LogP contribution in [0.2, 0.25) is 0 Å². The van der Waals surface area contributed by atoms with E-state index < -0.39 is 0 Å². The molecule has 1 rings (SSSR count). The molecule has 1 N–H and O–H groups in total. The van der Waals surface area contributed by atoms with E-state index in [2.05, 4.69) is 4.98 Å². The second-order valence-corrected chi connectivity index (χ2v) is 2.00. The Bertz CT molecular complexity index is 285. The highest BCUT2D eigenvalue weighted by Gasteiger charge is 1.95. The first-order chi connectivity index (χ1) is 4.70. The standard InChI is InChI=1S/C7H7NO2.H2/c1-5(9)6-2-3-7(10)8-4-6;/h2-4H,1H3,(H,8,10);1H. The highest BCUT2D eigenvalue weighted by Crippen LogP contribution is 1.92. The molecule has 0 aliphatic heterocycles. The van der Waals surface area contributed by atoms with Crippen LogP contribution in [0.3, 0.4) is 0 Å². The van der Waals surface area contributed by atoms with Gasteiger partial charge in [-0.05, 0) is 13.0 Å². The van der Waals surface area contributed by atoms with Crippen molar-refractivity contribution in [3.05, 3.63) is 34.2 Å². The van der Waals surface area contributed by atoms with Crippen molar-refractivity contribution < 1.29 is 6.22 Å². The van der Waals surface area contributed by atoms with Crippen LogP contribution in [0.1, 0.15) is 18.7 Å². The molecule has 1 aromatic rings. The first kappa shape index (κ1) is 6.74. The highest BCUT2D eigenvalue weighted by molar-refractivity contribution is 5.93. The Balaban J connectivity index is 0.000001000. The Kier molecular flexibility index (Phi) is 1.67. The summed E-state index contributed by atoms with van der Waals surface area (Å²) in [7, 11) is 0. The van der Waals surface area contributed by atoms with E-state index in [-0.39, 0.29) is 12.8 Å². The summed E-state index contributed by atoms with van der Waals surface area (Å²) in [6, 6.07) is 2.83. The number of aromatic amines is 1. The lowest BCUT2D eigenvalue weighted by molar-refractivity contribution is 0.101. The average Bonchev–Trinajstić information content (AvgIpc) is 1.88. The van der Waals surface area contributed by atoms with Crippen LogP contribution in [-0.4, -0.2) is 10.8 Å². The number of H-pyrrole nitrogens is 1. The van der Waals surface area contributed by atoms with E-state index in [4.69, 9.17) is 0 Å². The number of carbonyl (C=O) groups is 1. The van der Waals surface area contributed by atoms with Crippen molar-refractivity contribution >= 4 is 5.78 Å². The maximum absolute atomic E-state index is 10.6. The average molecular weight is 139 g/mol. The number of hydrogen-bond acceptors (Lipinski definition) is 2. The van der Waals surface area contributed by atoms with Gasteiger partial charge in [0.15, 0.2) is 5.78 Å². The van der Waals surface area contributed by atoms with Gasteiger partial charge < -0.3 is 4.98 Å². The molecule has 0 saturated carbocycles. The monoisotopic (exact) mass is 139 g/mol. The van der Waals surface area contributed by atoms with E-state index in [1.165, 1.54) is 25.3 Å². The fourth-order valence-electron chi connectivity index (χ4n) is 0.630. The van der Waals surface area contributed by atoms with Crippen LogP contribution >= 0.6 is 0 Å². The van der Waals surface area contributed by atoms with E-state index in [1.807, 2.05) is 0 Å². The van der Waals surface area contributed by atoms with Gasteiger partial charge in [0.2, 0.25) is 5.56 Å². The van der Waals surface area contributed by atoms with Gasteiger partial charge >= 0.3 is 0 Å². The molecule has 0 aromatic carbocycles. The van der Waals surface area contributed by atoms with Crippen molar-refractivity contribution in [1.82, 2.24) is 4.98 Å².